The lowest BCUT2D eigenvalue weighted by Crippen LogP contribution is -2.38. The van der Waals surface area contributed by atoms with Crippen molar-refractivity contribution in [1.82, 2.24) is 4.90 Å². The van der Waals surface area contributed by atoms with Gasteiger partial charge in [0.15, 0.2) is 0 Å². The van der Waals surface area contributed by atoms with Gasteiger partial charge < -0.3 is 9.64 Å². The number of hydrogen-bond acceptors (Lipinski definition) is 3. The van der Waals surface area contributed by atoms with E-state index in [2.05, 4.69) is 0 Å². The predicted molar refractivity (Wildman–Crippen MR) is 114 cm³/mol. The van der Waals surface area contributed by atoms with E-state index < -0.39 is 5.92 Å². The SMILES string of the molecule is CC1=C(C(=O)OCC(C)C)[C@H](c2ccccc2Cl)CC(=O)N1Cc1ccccc1. The fourth-order valence-electron chi connectivity index (χ4n) is 3.58. The highest BCUT2D eigenvalue weighted by atomic mass is 35.5. The molecule has 0 aliphatic carbocycles. The third-order valence-corrected chi connectivity index (χ3v) is 5.40. The van der Waals surface area contributed by atoms with Crippen LogP contribution < -0.4 is 0 Å². The average molecular weight is 412 g/mol. The summed E-state index contributed by atoms with van der Waals surface area (Å²) in [4.78, 5) is 27.8. The molecule has 0 fully saturated rings. The van der Waals surface area contributed by atoms with Gasteiger partial charge in [0, 0.05) is 23.1 Å². The number of rotatable bonds is 6. The minimum atomic E-state index is -0.414. The summed E-state index contributed by atoms with van der Waals surface area (Å²) < 4.78 is 5.56. The van der Waals surface area contributed by atoms with Gasteiger partial charge in [0.1, 0.15) is 0 Å². The maximum absolute atomic E-state index is 13.1. The smallest absolute Gasteiger partial charge is 0.336 e. The van der Waals surface area contributed by atoms with E-state index >= 15 is 0 Å². The number of carbonyl (C=O) groups excluding carboxylic acids is 2. The zero-order valence-electron chi connectivity index (χ0n) is 17.0. The number of carbonyl (C=O) groups is 2. The lowest BCUT2D eigenvalue weighted by atomic mass is 9.83. The van der Waals surface area contributed by atoms with E-state index in [9.17, 15) is 9.59 Å². The number of ether oxygens (including phenoxy) is 1. The highest BCUT2D eigenvalue weighted by Gasteiger charge is 2.37. The van der Waals surface area contributed by atoms with E-state index in [-0.39, 0.29) is 24.2 Å². The molecule has 2 aromatic carbocycles. The Hall–Kier alpha value is -2.59. The van der Waals surface area contributed by atoms with Gasteiger partial charge in [-0.25, -0.2) is 4.79 Å². The molecule has 1 aliphatic rings. The van der Waals surface area contributed by atoms with Gasteiger partial charge in [0.2, 0.25) is 5.91 Å². The van der Waals surface area contributed by atoms with E-state index in [1.165, 1.54) is 0 Å². The Balaban J connectivity index is 2.02. The van der Waals surface area contributed by atoms with Gasteiger partial charge in [0.05, 0.1) is 18.7 Å². The minimum absolute atomic E-state index is 0.0308. The second kappa shape index (κ2) is 9.27. The van der Waals surface area contributed by atoms with Crippen LogP contribution in [0.3, 0.4) is 0 Å². The van der Waals surface area contributed by atoms with Crippen molar-refractivity contribution in [2.75, 3.05) is 6.61 Å². The van der Waals surface area contributed by atoms with Crippen molar-refractivity contribution >= 4 is 23.5 Å². The molecule has 0 saturated carbocycles. The van der Waals surface area contributed by atoms with Gasteiger partial charge in [0.25, 0.3) is 0 Å². The summed E-state index contributed by atoms with van der Waals surface area (Å²) in [6.45, 7) is 6.55. The fourth-order valence-corrected chi connectivity index (χ4v) is 3.84. The Morgan fingerprint density at radius 1 is 1.14 bits per heavy atom. The molecule has 0 spiro atoms. The summed E-state index contributed by atoms with van der Waals surface area (Å²) in [6.07, 6.45) is 0.181. The largest absolute Gasteiger partial charge is 0.462 e. The van der Waals surface area contributed by atoms with E-state index in [1.54, 1.807) is 11.0 Å². The van der Waals surface area contributed by atoms with Crippen molar-refractivity contribution in [3.8, 4) is 0 Å². The molecule has 0 bridgehead atoms. The molecule has 0 radical (unpaired) electrons. The Kier molecular flexibility index (Phi) is 6.75. The molecule has 2 aromatic rings. The first-order valence-electron chi connectivity index (χ1n) is 9.85. The van der Waals surface area contributed by atoms with Crippen molar-refractivity contribution < 1.29 is 14.3 Å². The number of amides is 1. The Morgan fingerprint density at radius 3 is 2.45 bits per heavy atom. The summed E-state index contributed by atoms with van der Waals surface area (Å²) >= 11 is 6.42. The average Bonchev–Trinajstić information content (AvgIpc) is 2.70. The molecule has 0 aromatic heterocycles. The van der Waals surface area contributed by atoms with Gasteiger partial charge in [-0.05, 0) is 30.0 Å². The lowest BCUT2D eigenvalue weighted by Gasteiger charge is -2.35. The molecular weight excluding hydrogens is 386 g/mol. The van der Waals surface area contributed by atoms with Gasteiger partial charge in [-0.2, -0.15) is 0 Å². The highest BCUT2D eigenvalue weighted by molar-refractivity contribution is 6.31. The van der Waals surface area contributed by atoms with E-state index in [1.807, 2.05) is 69.3 Å². The zero-order valence-corrected chi connectivity index (χ0v) is 17.8. The molecule has 1 atom stereocenters. The molecule has 29 heavy (non-hydrogen) atoms. The maximum atomic E-state index is 13.1. The Labute approximate surface area is 177 Å². The van der Waals surface area contributed by atoms with Crippen molar-refractivity contribution in [3.05, 3.63) is 82.0 Å². The Morgan fingerprint density at radius 2 is 1.79 bits per heavy atom. The van der Waals surface area contributed by atoms with Crippen molar-refractivity contribution in [1.29, 1.82) is 0 Å². The van der Waals surface area contributed by atoms with Crippen LogP contribution in [0.1, 0.15) is 44.2 Å². The fraction of sp³-hybridized carbons (Fsp3) is 0.333. The minimum Gasteiger partial charge on any atom is -0.462 e. The first kappa shape index (κ1) is 21.1. The molecule has 4 nitrogen and oxygen atoms in total. The zero-order chi connectivity index (χ0) is 21.0. The lowest BCUT2D eigenvalue weighted by molar-refractivity contribution is -0.141. The number of benzene rings is 2. The van der Waals surface area contributed by atoms with E-state index in [0.717, 1.165) is 11.1 Å². The summed E-state index contributed by atoms with van der Waals surface area (Å²) in [5, 5.41) is 0.545. The van der Waals surface area contributed by atoms with Crippen LogP contribution >= 0.6 is 11.6 Å². The summed E-state index contributed by atoms with van der Waals surface area (Å²) in [5.74, 6) is -0.601. The molecule has 1 amide bonds. The molecule has 152 valence electrons. The van der Waals surface area contributed by atoms with Crippen LogP contribution in [0.15, 0.2) is 65.9 Å². The highest BCUT2D eigenvalue weighted by Crippen LogP contribution is 2.40. The molecule has 0 N–H and O–H groups in total. The van der Waals surface area contributed by atoms with Crippen LogP contribution in [-0.2, 0) is 20.9 Å². The number of nitrogens with zero attached hydrogens (tertiary/aromatic N) is 1. The topological polar surface area (TPSA) is 46.6 Å². The quantitative estimate of drug-likeness (QED) is 0.603. The normalized spacial score (nSPS) is 17.1. The van der Waals surface area contributed by atoms with Crippen LogP contribution in [0.5, 0.6) is 0 Å². The summed E-state index contributed by atoms with van der Waals surface area (Å²) in [5.41, 5.74) is 2.92. The molecule has 3 rings (SSSR count). The van der Waals surface area contributed by atoms with Gasteiger partial charge in [-0.3, -0.25) is 4.79 Å². The first-order chi connectivity index (χ1) is 13.9. The molecule has 5 heteroatoms. The van der Waals surface area contributed by atoms with Crippen LogP contribution in [0.4, 0.5) is 0 Å². The molecule has 1 aliphatic heterocycles. The number of esters is 1. The standard InChI is InChI=1S/C24H26ClNO3/c1-16(2)15-29-24(28)23-17(3)26(14-18-9-5-4-6-10-18)22(27)13-20(23)19-11-7-8-12-21(19)25/h4-12,16,20H,13-15H2,1-3H3/t20-/m0/s1. The van der Waals surface area contributed by atoms with Gasteiger partial charge in [-0.1, -0.05) is 74.0 Å². The van der Waals surface area contributed by atoms with E-state index in [0.29, 0.717) is 29.4 Å². The van der Waals surface area contributed by atoms with Crippen LogP contribution in [0.2, 0.25) is 5.02 Å². The van der Waals surface area contributed by atoms with Crippen LogP contribution in [-0.4, -0.2) is 23.4 Å². The molecular formula is C24H26ClNO3. The monoisotopic (exact) mass is 411 g/mol. The van der Waals surface area contributed by atoms with Crippen molar-refractivity contribution in [2.24, 2.45) is 5.92 Å². The third-order valence-electron chi connectivity index (χ3n) is 5.05. The number of allylic oxidation sites excluding steroid dienone is 1. The van der Waals surface area contributed by atoms with Crippen molar-refractivity contribution in [2.45, 2.75) is 39.7 Å². The first-order valence-corrected chi connectivity index (χ1v) is 10.2. The predicted octanol–water partition coefficient (Wildman–Crippen LogP) is 5.33. The summed E-state index contributed by atoms with van der Waals surface area (Å²) in [6, 6.07) is 17.1. The molecule has 1 heterocycles. The molecule has 0 saturated heterocycles. The van der Waals surface area contributed by atoms with E-state index in [4.69, 9.17) is 16.3 Å². The Bertz CT molecular complexity index is 921. The summed E-state index contributed by atoms with van der Waals surface area (Å²) in [7, 11) is 0. The van der Waals surface area contributed by atoms with Crippen molar-refractivity contribution in [3.63, 3.8) is 0 Å². The van der Waals surface area contributed by atoms with Crippen LogP contribution in [0, 0.1) is 5.92 Å². The molecule has 0 unspecified atom stereocenters. The third kappa shape index (κ3) is 4.88. The second-order valence-electron chi connectivity index (χ2n) is 7.74. The number of halogens is 1. The van der Waals surface area contributed by atoms with Gasteiger partial charge >= 0.3 is 5.97 Å². The van der Waals surface area contributed by atoms with Gasteiger partial charge in [-0.15, -0.1) is 0 Å². The maximum Gasteiger partial charge on any atom is 0.336 e. The second-order valence-corrected chi connectivity index (χ2v) is 8.14. The van der Waals surface area contributed by atoms with Crippen LogP contribution in [0.25, 0.3) is 0 Å². The number of hydrogen-bond donors (Lipinski definition) is 0.